The van der Waals surface area contributed by atoms with Gasteiger partial charge in [-0.1, -0.05) is 35.3 Å². The molecular weight excluding hydrogens is 369 g/mol. The molecule has 130 valence electrons. The number of carbonyl (C=O) groups is 1. The molecule has 0 unspecified atom stereocenters. The summed E-state index contributed by atoms with van der Waals surface area (Å²) in [4.78, 5) is 22.1. The van der Waals surface area contributed by atoms with Crippen molar-refractivity contribution in [3.05, 3.63) is 68.2 Å². The molecule has 0 atom stereocenters. The first kappa shape index (κ1) is 18.7. The molecule has 0 saturated heterocycles. The SMILES string of the molecule is C/C(=N/NC(=O)COc1ccccc1[N+](=O)[O-])c1cc(Cl)ccc1Cl. The second-order valence-electron chi connectivity index (χ2n) is 4.87. The molecule has 0 aromatic heterocycles. The first-order valence-corrected chi connectivity index (χ1v) is 7.79. The Morgan fingerprint density at radius 2 is 2.00 bits per heavy atom. The Morgan fingerprint density at radius 3 is 2.72 bits per heavy atom. The van der Waals surface area contributed by atoms with E-state index in [1.807, 2.05) is 0 Å². The van der Waals surface area contributed by atoms with Crippen molar-refractivity contribution < 1.29 is 14.5 Å². The number of rotatable bonds is 6. The summed E-state index contributed by atoms with van der Waals surface area (Å²) in [6.07, 6.45) is 0. The molecule has 0 aliphatic rings. The van der Waals surface area contributed by atoms with Crippen molar-refractivity contribution in [2.45, 2.75) is 6.92 Å². The van der Waals surface area contributed by atoms with Gasteiger partial charge in [0.2, 0.25) is 0 Å². The van der Waals surface area contributed by atoms with E-state index in [0.717, 1.165) is 0 Å². The molecular formula is C16H13Cl2N3O4. The zero-order chi connectivity index (χ0) is 18.4. The number of para-hydroxylation sites is 2. The van der Waals surface area contributed by atoms with Gasteiger partial charge in [0.1, 0.15) is 0 Å². The van der Waals surface area contributed by atoms with Crippen LogP contribution >= 0.6 is 23.2 Å². The van der Waals surface area contributed by atoms with Crippen molar-refractivity contribution >= 4 is 40.5 Å². The summed E-state index contributed by atoms with van der Waals surface area (Å²) in [7, 11) is 0. The van der Waals surface area contributed by atoms with Gasteiger partial charge in [0.05, 0.1) is 10.6 Å². The summed E-state index contributed by atoms with van der Waals surface area (Å²) < 4.78 is 5.17. The fourth-order valence-electron chi connectivity index (χ4n) is 1.89. The van der Waals surface area contributed by atoms with E-state index in [4.69, 9.17) is 27.9 Å². The summed E-state index contributed by atoms with van der Waals surface area (Å²) >= 11 is 12.0. The second kappa shape index (κ2) is 8.46. The maximum atomic E-state index is 11.8. The summed E-state index contributed by atoms with van der Waals surface area (Å²) in [6.45, 7) is 1.23. The predicted octanol–water partition coefficient (Wildman–Crippen LogP) is 3.82. The van der Waals surface area contributed by atoms with Crippen LogP contribution in [0.25, 0.3) is 0 Å². The third-order valence-corrected chi connectivity index (χ3v) is 3.65. The van der Waals surface area contributed by atoms with Crippen LogP contribution in [0, 0.1) is 10.1 Å². The monoisotopic (exact) mass is 381 g/mol. The molecule has 1 amide bonds. The van der Waals surface area contributed by atoms with Crippen LogP contribution in [0.15, 0.2) is 47.6 Å². The molecule has 25 heavy (non-hydrogen) atoms. The van der Waals surface area contributed by atoms with Crippen LogP contribution in [-0.4, -0.2) is 23.1 Å². The maximum Gasteiger partial charge on any atom is 0.310 e. The van der Waals surface area contributed by atoms with Crippen molar-refractivity contribution in [1.29, 1.82) is 0 Å². The van der Waals surface area contributed by atoms with Gasteiger partial charge in [0.15, 0.2) is 12.4 Å². The van der Waals surface area contributed by atoms with E-state index in [2.05, 4.69) is 10.5 Å². The van der Waals surface area contributed by atoms with Crippen LogP contribution in [-0.2, 0) is 4.79 Å². The van der Waals surface area contributed by atoms with E-state index in [0.29, 0.717) is 21.3 Å². The number of ether oxygens (including phenoxy) is 1. The van der Waals surface area contributed by atoms with E-state index >= 15 is 0 Å². The Morgan fingerprint density at radius 1 is 1.28 bits per heavy atom. The first-order valence-electron chi connectivity index (χ1n) is 7.03. The van der Waals surface area contributed by atoms with Crippen LogP contribution < -0.4 is 10.2 Å². The number of nitro benzene ring substituents is 1. The van der Waals surface area contributed by atoms with Crippen LogP contribution in [0.1, 0.15) is 12.5 Å². The average molecular weight is 382 g/mol. The number of carbonyl (C=O) groups excluding carboxylic acids is 1. The standard InChI is InChI=1S/C16H13Cl2N3O4/c1-10(12-8-11(17)6-7-13(12)18)19-20-16(22)9-25-15-5-3-2-4-14(15)21(23)24/h2-8H,9H2,1H3,(H,20,22)/b19-10-. The minimum absolute atomic E-state index is 0.00115. The maximum absolute atomic E-state index is 11.8. The van der Waals surface area contributed by atoms with Crippen molar-refractivity contribution in [3.8, 4) is 5.75 Å². The predicted molar refractivity (Wildman–Crippen MR) is 95.4 cm³/mol. The van der Waals surface area contributed by atoms with Gasteiger partial charge in [-0.05, 0) is 31.2 Å². The minimum atomic E-state index is -0.587. The number of halogens is 2. The summed E-state index contributed by atoms with van der Waals surface area (Å²) in [5, 5.41) is 15.7. The third kappa shape index (κ3) is 5.17. The highest BCUT2D eigenvalue weighted by atomic mass is 35.5. The minimum Gasteiger partial charge on any atom is -0.477 e. The molecule has 0 saturated carbocycles. The molecule has 9 heteroatoms. The van der Waals surface area contributed by atoms with Crippen LogP contribution in [0.3, 0.4) is 0 Å². The number of benzene rings is 2. The smallest absolute Gasteiger partial charge is 0.310 e. The molecule has 0 aliphatic heterocycles. The highest BCUT2D eigenvalue weighted by Gasteiger charge is 2.15. The molecule has 7 nitrogen and oxygen atoms in total. The highest BCUT2D eigenvalue weighted by molar-refractivity contribution is 6.36. The van der Waals surface area contributed by atoms with E-state index < -0.39 is 17.4 Å². The van der Waals surface area contributed by atoms with Gasteiger partial charge < -0.3 is 4.74 Å². The summed E-state index contributed by atoms with van der Waals surface area (Å²) in [5.41, 5.74) is 3.11. The van der Waals surface area contributed by atoms with Crippen molar-refractivity contribution in [3.63, 3.8) is 0 Å². The lowest BCUT2D eigenvalue weighted by molar-refractivity contribution is -0.385. The highest BCUT2D eigenvalue weighted by Crippen LogP contribution is 2.25. The Labute approximate surface area is 153 Å². The van der Waals surface area contributed by atoms with E-state index in [-0.39, 0.29) is 11.4 Å². The number of hydrogen-bond donors (Lipinski definition) is 1. The lowest BCUT2D eigenvalue weighted by atomic mass is 10.1. The van der Waals surface area contributed by atoms with Gasteiger partial charge in [0.25, 0.3) is 5.91 Å². The molecule has 0 spiro atoms. The lowest BCUT2D eigenvalue weighted by Gasteiger charge is -2.07. The quantitative estimate of drug-likeness (QED) is 0.467. The number of nitrogens with one attached hydrogen (secondary N) is 1. The molecule has 0 aliphatic carbocycles. The number of nitrogens with zero attached hydrogens (tertiary/aromatic N) is 2. The zero-order valence-corrected chi connectivity index (χ0v) is 14.5. The summed E-state index contributed by atoms with van der Waals surface area (Å²) in [6, 6.07) is 10.7. The molecule has 1 N–H and O–H groups in total. The van der Waals surface area contributed by atoms with Gasteiger partial charge in [-0.15, -0.1) is 0 Å². The van der Waals surface area contributed by atoms with Gasteiger partial charge in [-0.3, -0.25) is 14.9 Å². The lowest BCUT2D eigenvalue weighted by Crippen LogP contribution is -2.25. The molecule has 0 radical (unpaired) electrons. The number of hydrogen-bond acceptors (Lipinski definition) is 5. The first-order chi connectivity index (χ1) is 11.9. The normalized spacial score (nSPS) is 11.1. The topological polar surface area (TPSA) is 93.8 Å². The third-order valence-electron chi connectivity index (χ3n) is 3.09. The van der Waals surface area contributed by atoms with E-state index in [1.165, 1.54) is 18.2 Å². The van der Waals surface area contributed by atoms with Crippen molar-refractivity contribution in [2.24, 2.45) is 5.10 Å². The fourth-order valence-corrected chi connectivity index (χ4v) is 2.31. The molecule has 2 aromatic carbocycles. The molecule has 0 bridgehead atoms. The van der Waals surface area contributed by atoms with Gasteiger partial charge in [0, 0.05) is 21.7 Å². The molecule has 2 aromatic rings. The average Bonchev–Trinajstić information content (AvgIpc) is 2.60. The van der Waals surface area contributed by atoms with Crippen LogP contribution in [0.2, 0.25) is 10.0 Å². The van der Waals surface area contributed by atoms with E-state index in [9.17, 15) is 14.9 Å². The number of hydrazone groups is 1. The van der Waals surface area contributed by atoms with Crippen molar-refractivity contribution in [1.82, 2.24) is 5.43 Å². The van der Waals surface area contributed by atoms with Gasteiger partial charge in [-0.25, -0.2) is 5.43 Å². The fraction of sp³-hybridized carbons (Fsp3) is 0.125. The Bertz CT molecular complexity index is 840. The van der Waals surface area contributed by atoms with Gasteiger partial charge >= 0.3 is 5.69 Å². The summed E-state index contributed by atoms with van der Waals surface area (Å²) in [5.74, 6) is -0.572. The molecule has 0 heterocycles. The Balaban J connectivity index is 1.99. The van der Waals surface area contributed by atoms with Crippen molar-refractivity contribution in [2.75, 3.05) is 6.61 Å². The molecule has 0 fully saturated rings. The van der Waals surface area contributed by atoms with E-state index in [1.54, 1.807) is 31.2 Å². The zero-order valence-electron chi connectivity index (χ0n) is 13.0. The number of amides is 1. The second-order valence-corrected chi connectivity index (χ2v) is 5.71. The molecule has 2 rings (SSSR count). The number of nitro groups is 1. The van der Waals surface area contributed by atoms with Crippen LogP contribution in [0.5, 0.6) is 5.75 Å². The Hall–Kier alpha value is -2.64. The Kier molecular flexibility index (Phi) is 6.32. The van der Waals surface area contributed by atoms with Crippen LogP contribution in [0.4, 0.5) is 5.69 Å². The largest absolute Gasteiger partial charge is 0.477 e. The van der Waals surface area contributed by atoms with Gasteiger partial charge in [-0.2, -0.15) is 5.10 Å².